The van der Waals surface area contributed by atoms with Crippen molar-refractivity contribution in [3.63, 3.8) is 0 Å². The van der Waals surface area contributed by atoms with Gasteiger partial charge >= 0.3 is 0 Å². The van der Waals surface area contributed by atoms with Crippen molar-refractivity contribution in [2.24, 2.45) is 0 Å². The van der Waals surface area contributed by atoms with E-state index in [9.17, 15) is 0 Å². The Hall–Kier alpha value is -1.16. The molecule has 62 valence electrons. The van der Waals surface area contributed by atoms with Gasteiger partial charge in [0.25, 0.3) is 0 Å². The van der Waals surface area contributed by atoms with E-state index in [1.54, 1.807) is 16.9 Å². The van der Waals surface area contributed by atoms with Crippen molar-refractivity contribution in [2.75, 3.05) is 0 Å². The summed E-state index contributed by atoms with van der Waals surface area (Å²) in [5.41, 5.74) is 1.71. The fourth-order valence-corrected chi connectivity index (χ4v) is 1.23. The summed E-state index contributed by atoms with van der Waals surface area (Å²) in [5, 5.41) is 8.32. The summed E-state index contributed by atoms with van der Waals surface area (Å²) in [7, 11) is 0. The van der Waals surface area contributed by atoms with E-state index in [0.717, 1.165) is 17.6 Å². The van der Waals surface area contributed by atoms with Crippen LogP contribution in [0, 0.1) is 0 Å². The number of aryl methyl sites for hydroxylation is 1. The van der Waals surface area contributed by atoms with Crippen LogP contribution in [0.5, 0.6) is 0 Å². The van der Waals surface area contributed by atoms with Crippen LogP contribution in [-0.2, 0) is 6.54 Å². The van der Waals surface area contributed by atoms with E-state index in [2.05, 4.69) is 15.3 Å². The summed E-state index contributed by atoms with van der Waals surface area (Å²) < 4.78 is 1.78. The number of hydrogen-bond acceptors (Lipinski definition) is 3. The predicted molar refractivity (Wildman–Crippen MR) is 46.0 cm³/mol. The summed E-state index contributed by atoms with van der Waals surface area (Å²) in [6.45, 7) is 2.79. The summed E-state index contributed by atoms with van der Waals surface area (Å²) in [6.07, 6.45) is 1.62. The molecule has 0 aromatic carbocycles. The summed E-state index contributed by atoms with van der Waals surface area (Å²) in [5.74, 6) is 0. The number of halogens is 1. The Labute approximate surface area is 74.2 Å². The minimum absolute atomic E-state index is 0.472. The van der Waals surface area contributed by atoms with Crippen LogP contribution in [-0.4, -0.2) is 20.0 Å². The average Bonchev–Trinajstić information content (AvgIpc) is 2.46. The molecule has 0 amide bonds. The SMILES string of the molecule is CCn1nnc2cnc(Cl)cc21. The molecule has 4 nitrogen and oxygen atoms in total. The van der Waals surface area contributed by atoms with Gasteiger partial charge in [-0.15, -0.1) is 5.10 Å². The molecule has 0 aliphatic rings. The molecule has 0 atom stereocenters. The van der Waals surface area contributed by atoms with Gasteiger partial charge in [0.2, 0.25) is 0 Å². The largest absolute Gasteiger partial charge is 0.245 e. The molecule has 2 heterocycles. The minimum Gasteiger partial charge on any atom is -0.245 e. The minimum atomic E-state index is 0.472. The highest BCUT2D eigenvalue weighted by Gasteiger charge is 2.02. The number of aromatic nitrogens is 4. The van der Waals surface area contributed by atoms with Crippen molar-refractivity contribution >= 4 is 22.6 Å². The molecule has 0 saturated carbocycles. The van der Waals surface area contributed by atoms with Gasteiger partial charge in [-0.05, 0) is 6.92 Å². The molecule has 0 aliphatic heterocycles. The monoisotopic (exact) mass is 182 g/mol. The van der Waals surface area contributed by atoms with Gasteiger partial charge in [-0.1, -0.05) is 16.8 Å². The molecule has 5 heteroatoms. The van der Waals surface area contributed by atoms with Gasteiger partial charge in [0.1, 0.15) is 10.7 Å². The van der Waals surface area contributed by atoms with E-state index in [0.29, 0.717) is 5.15 Å². The zero-order valence-corrected chi connectivity index (χ0v) is 7.28. The second-order valence-corrected chi connectivity index (χ2v) is 2.79. The van der Waals surface area contributed by atoms with E-state index in [4.69, 9.17) is 11.6 Å². The van der Waals surface area contributed by atoms with Crippen molar-refractivity contribution in [2.45, 2.75) is 13.5 Å². The number of pyridine rings is 1. The van der Waals surface area contributed by atoms with Gasteiger partial charge in [-0.25, -0.2) is 9.67 Å². The molecular weight excluding hydrogens is 176 g/mol. The lowest BCUT2D eigenvalue weighted by Crippen LogP contribution is -1.95. The van der Waals surface area contributed by atoms with Gasteiger partial charge in [0.05, 0.1) is 11.7 Å². The predicted octanol–water partition coefficient (Wildman–Crippen LogP) is 1.50. The number of hydrogen-bond donors (Lipinski definition) is 0. The zero-order valence-electron chi connectivity index (χ0n) is 6.53. The lowest BCUT2D eigenvalue weighted by molar-refractivity contribution is 0.646. The van der Waals surface area contributed by atoms with Gasteiger partial charge in [0.15, 0.2) is 0 Å². The molecule has 0 radical (unpaired) electrons. The molecule has 0 bridgehead atoms. The van der Waals surface area contributed by atoms with Crippen molar-refractivity contribution in [1.29, 1.82) is 0 Å². The lowest BCUT2D eigenvalue weighted by atomic mass is 10.4. The van der Waals surface area contributed by atoms with Crippen molar-refractivity contribution in [3.8, 4) is 0 Å². The zero-order chi connectivity index (χ0) is 8.55. The van der Waals surface area contributed by atoms with Crippen LogP contribution in [0.3, 0.4) is 0 Å². The molecule has 2 rings (SSSR count). The van der Waals surface area contributed by atoms with Crippen molar-refractivity contribution < 1.29 is 0 Å². The van der Waals surface area contributed by atoms with Crippen molar-refractivity contribution in [1.82, 2.24) is 20.0 Å². The molecular formula is C7H7ClN4. The Morgan fingerprint density at radius 1 is 1.58 bits per heavy atom. The fourth-order valence-electron chi connectivity index (χ4n) is 1.08. The number of fused-ring (bicyclic) bond motifs is 1. The summed E-state index contributed by atoms with van der Waals surface area (Å²) in [6, 6.07) is 1.76. The van der Waals surface area contributed by atoms with E-state index in [-0.39, 0.29) is 0 Å². The first-order valence-corrected chi connectivity index (χ1v) is 4.04. The summed E-state index contributed by atoms with van der Waals surface area (Å²) >= 11 is 5.72. The Morgan fingerprint density at radius 3 is 3.17 bits per heavy atom. The fraction of sp³-hybridized carbons (Fsp3) is 0.286. The van der Waals surface area contributed by atoms with E-state index in [1.807, 2.05) is 6.92 Å². The van der Waals surface area contributed by atoms with Gasteiger partial charge < -0.3 is 0 Å². The number of rotatable bonds is 1. The Bertz CT molecular complexity index is 409. The van der Waals surface area contributed by atoms with Crippen molar-refractivity contribution in [3.05, 3.63) is 17.4 Å². The molecule has 2 aromatic heterocycles. The van der Waals surface area contributed by atoms with Crippen LogP contribution in [0.25, 0.3) is 11.0 Å². The molecule has 0 saturated heterocycles. The normalized spacial score (nSPS) is 10.8. The smallest absolute Gasteiger partial charge is 0.131 e. The summed E-state index contributed by atoms with van der Waals surface area (Å²) in [4.78, 5) is 3.90. The highest BCUT2D eigenvalue weighted by Crippen LogP contribution is 2.13. The topological polar surface area (TPSA) is 43.6 Å². The third-order valence-electron chi connectivity index (χ3n) is 1.67. The molecule has 12 heavy (non-hydrogen) atoms. The van der Waals surface area contributed by atoms with E-state index < -0.39 is 0 Å². The molecule has 0 N–H and O–H groups in total. The third kappa shape index (κ3) is 1.04. The molecule has 0 spiro atoms. The highest BCUT2D eigenvalue weighted by atomic mass is 35.5. The van der Waals surface area contributed by atoms with Crippen LogP contribution in [0.4, 0.5) is 0 Å². The maximum atomic E-state index is 5.72. The van der Waals surface area contributed by atoms with E-state index >= 15 is 0 Å². The van der Waals surface area contributed by atoms with Crippen LogP contribution in [0.15, 0.2) is 12.3 Å². The Kier molecular flexibility index (Phi) is 1.69. The average molecular weight is 183 g/mol. The van der Waals surface area contributed by atoms with Crippen LogP contribution in [0.1, 0.15) is 6.92 Å². The van der Waals surface area contributed by atoms with E-state index in [1.165, 1.54) is 0 Å². The standard InChI is InChI=1S/C7H7ClN4/c1-2-12-6-3-7(8)9-4-5(6)10-11-12/h3-4H,2H2,1H3. The second-order valence-electron chi connectivity index (χ2n) is 2.40. The molecule has 0 unspecified atom stereocenters. The Morgan fingerprint density at radius 2 is 2.42 bits per heavy atom. The Balaban J connectivity index is 2.75. The third-order valence-corrected chi connectivity index (χ3v) is 1.87. The first-order valence-electron chi connectivity index (χ1n) is 3.66. The quantitative estimate of drug-likeness (QED) is 0.628. The van der Waals surface area contributed by atoms with Crippen LogP contribution in [0.2, 0.25) is 5.15 Å². The van der Waals surface area contributed by atoms with Gasteiger partial charge in [-0.3, -0.25) is 0 Å². The van der Waals surface area contributed by atoms with Gasteiger partial charge in [0, 0.05) is 12.6 Å². The van der Waals surface area contributed by atoms with Crippen LogP contribution < -0.4 is 0 Å². The maximum absolute atomic E-state index is 5.72. The number of nitrogens with zero attached hydrogens (tertiary/aromatic N) is 4. The highest BCUT2D eigenvalue weighted by molar-refractivity contribution is 6.29. The molecule has 2 aromatic rings. The van der Waals surface area contributed by atoms with Gasteiger partial charge in [-0.2, -0.15) is 0 Å². The maximum Gasteiger partial charge on any atom is 0.131 e. The molecule has 0 fully saturated rings. The van der Waals surface area contributed by atoms with Crippen LogP contribution >= 0.6 is 11.6 Å². The second kappa shape index (κ2) is 2.71. The first kappa shape index (κ1) is 7.49. The first-order chi connectivity index (χ1) is 5.81. The lowest BCUT2D eigenvalue weighted by Gasteiger charge is -1.94. The molecule has 0 aliphatic carbocycles.